The lowest BCUT2D eigenvalue weighted by Gasteiger charge is -2.17. The van der Waals surface area contributed by atoms with Crippen molar-refractivity contribution in [3.63, 3.8) is 0 Å². The summed E-state index contributed by atoms with van der Waals surface area (Å²) in [5.74, 6) is 0.622. The van der Waals surface area contributed by atoms with Gasteiger partial charge in [-0.05, 0) is 50.9 Å². The number of ether oxygens (including phenoxy) is 1. The van der Waals surface area contributed by atoms with E-state index in [-0.39, 0.29) is 5.97 Å². The molecule has 2 nitrogen and oxygen atoms in total. The van der Waals surface area contributed by atoms with Gasteiger partial charge in [0.2, 0.25) is 0 Å². The van der Waals surface area contributed by atoms with Gasteiger partial charge in [-0.15, -0.1) is 0 Å². The first-order valence-corrected chi connectivity index (χ1v) is 24.5. The fourth-order valence-corrected chi connectivity index (χ4v) is 7.84. The van der Waals surface area contributed by atoms with Crippen LogP contribution in [0.2, 0.25) is 0 Å². The first kappa shape index (κ1) is 51.2. The number of hydrogen-bond acceptors (Lipinski definition) is 2. The van der Waals surface area contributed by atoms with E-state index in [1.54, 1.807) is 0 Å². The molecular weight excluding hydrogens is 633 g/mol. The van der Waals surface area contributed by atoms with Crippen molar-refractivity contribution in [1.29, 1.82) is 0 Å². The highest BCUT2D eigenvalue weighted by Crippen LogP contribution is 2.21. The third-order valence-corrected chi connectivity index (χ3v) is 11.6. The number of carbonyl (C=O) groups is 1. The Hall–Kier alpha value is -0.790. The van der Waals surface area contributed by atoms with Crippen LogP contribution >= 0.6 is 0 Å². The Morgan fingerprint density at radius 2 is 0.635 bits per heavy atom. The van der Waals surface area contributed by atoms with Gasteiger partial charge in [-0.25, -0.2) is 0 Å². The molecule has 0 aromatic carbocycles. The molecule has 0 bridgehead atoms. The van der Waals surface area contributed by atoms with Crippen LogP contribution in [0.3, 0.4) is 0 Å². The van der Waals surface area contributed by atoms with Crippen LogP contribution in [0.15, 0.2) is 12.2 Å². The molecule has 310 valence electrons. The number of esters is 1. The predicted molar refractivity (Wildman–Crippen MR) is 235 cm³/mol. The summed E-state index contributed by atoms with van der Waals surface area (Å²) in [6.07, 6.45) is 61.3. The van der Waals surface area contributed by atoms with E-state index in [9.17, 15) is 4.79 Å². The Balaban J connectivity index is 4.06. The second-order valence-electron chi connectivity index (χ2n) is 16.9. The zero-order valence-corrected chi connectivity index (χ0v) is 36.5. The molecule has 0 aliphatic carbocycles. The van der Waals surface area contributed by atoms with Crippen LogP contribution in [-0.4, -0.2) is 12.6 Å². The maximum Gasteiger partial charge on any atom is 0.305 e. The largest absolute Gasteiger partial charge is 0.465 e. The van der Waals surface area contributed by atoms with Gasteiger partial charge in [0, 0.05) is 6.42 Å². The van der Waals surface area contributed by atoms with E-state index >= 15 is 0 Å². The van der Waals surface area contributed by atoms with Gasteiger partial charge in [-0.3, -0.25) is 4.79 Å². The van der Waals surface area contributed by atoms with Gasteiger partial charge in [0.05, 0.1) is 6.61 Å². The molecule has 52 heavy (non-hydrogen) atoms. The van der Waals surface area contributed by atoms with E-state index in [0.717, 1.165) is 12.8 Å². The van der Waals surface area contributed by atoms with Crippen LogP contribution in [-0.2, 0) is 9.53 Å². The molecule has 0 fully saturated rings. The van der Waals surface area contributed by atoms with Crippen LogP contribution in [0.25, 0.3) is 0 Å². The smallest absolute Gasteiger partial charge is 0.305 e. The maximum absolute atomic E-state index is 12.6. The van der Waals surface area contributed by atoms with Crippen molar-refractivity contribution in [2.45, 2.75) is 290 Å². The van der Waals surface area contributed by atoms with Gasteiger partial charge in [-0.2, -0.15) is 0 Å². The van der Waals surface area contributed by atoms with E-state index in [1.165, 1.54) is 250 Å². The lowest BCUT2D eigenvalue weighted by Crippen LogP contribution is -2.14. The summed E-state index contributed by atoms with van der Waals surface area (Å²) in [5.41, 5.74) is 0. The van der Waals surface area contributed by atoms with E-state index in [2.05, 4.69) is 32.9 Å². The summed E-state index contributed by atoms with van der Waals surface area (Å²) >= 11 is 0. The van der Waals surface area contributed by atoms with E-state index in [0.29, 0.717) is 18.9 Å². The van der Waals surface area contributed by atoms with Crippen LogP contribution in [0.4, 0.5) is 0 Å². The highest BCUT2D eigenvalue weighted by molar-refractivity contribution is 5.69. The fourth-order valence-electron chi connectivity index (χ4n) is 7.84. The minimum absolute atomic E-state index is 0.0540. The Kier molecular flexibility index (Phi) is 45.7. The van der Waals surface area contributed by atoms with Crippen molar-refractivity contribution in [3.8, 4) is 0 Å². The van der Waals surface area contributed by atoms with E-state index in [4.69, 9.17) is 4.74 Å². The van der Waals surface area contributed by atoms with Crippen molar-refractivity contribution in [3.05, 3.63) is 12.2 Å². The van der Waals surface area contributed by atoms with Gasteiger partial charge in [0.1, 0.15) is 0 Å². The minimum atomic E-state index is 0.0540. The van der Waals surface area contributed by atoms with Gasteiger partial charge in [0.15, 0.2) is 0 Å². The molecule has 0 saturated heterocycles. The molecule has 0 spiro atoms. The Morgan fingerprint density at radius 3 is 0.962 bits per heavy atom. The molecule has 1 atom stereocenters. The second-order valence-corrected chi connectivity index (χ2v) is 16.9. The summed E-state index contributed by atoms with van der Waals surface area (Å²) in [4.78, 5) is 12.6. The number of carbonyl (C=O) groups excluding carboxylic acids is 1. The predicted octanol–water partition coefficient (Wildman–Crippen LogP) is 18.1. The molecule has 0 radical (unpaired) electrons. The SMILES string of the molecule is CCCCCCCCC=CCCCCCCCC(=O)OCC(CCCCCCCCCCCCCC)CCCCCCCCCCCCCCCC. The molecule has 0 aliphatic heterocycles. The maximum atomic E-state index is 12.6. The molecular formula is C50H98O2. The van der Waals surface area contributed by atoms with Gasteiger partial charge < -0.3 is 4.74 Å². The summed E-state index contributed by atoms with van der Waals surface area (Å²) in [6.45, 7) is 7.56. The number of unbranched alkanes of at least 4 members (excludes halogenated alkanes) is 35. The molecule has 0 amide bonds. The molecule has 0 aromatic rings. The van der Waals surface area contributed by atoms with Crippen LogP contribution in [0, 0.1) is 5.92 Å². The standard InChI is InChI=1S/C50H98O2/c1-4-7-10-13-16-19-22-25-27-29-32-35-38-41-44-47-50(51)52-48-49(45-42-39-36-33-30-24-21-18-15-12-9-6-3)46-43-40-37-34-31-28-26-23-20-17-14-11-8-5-2/h25,27,49H,4-24,26,28-48H2,1-3H3. The van der Waals surface area contributed by atoms with Crippen molar-refractivity contribution >= 4 is 5.97 Å². The normalized spacial score (nSPS) is 12.3. The average Bonchev–Trinajstić information content (AvgIpc) is 3.15. The molecule has 0 aromatic heterocycles. The fraction of sp³-hybridized carbons (Fsp3) is 0.940. The molecule has 0 saturated carbocycles. The number of hydrogen-bond donors (Lipinski definition) is 0. The number of rotatable bonds is 45. The number of allylic oxidation sites excluding steroid dienone is 2. The van der Waals surface area contributed by atoms with Crippen molar-refractivity contribution in [1.82, 2.24) is 0 Å². The van der Waals surface area contributed by atoms with Gasteiger partial charge in [0.25, 0.3) is 0 Å². The average molecular weight is 731 g/mol. The minimum Gasteiger partial charge on any atom is -0.465 e. The first-order chi connectivity index (χ1) is 25.7. The zero-order valence-electron chi connectivity index (χ0n) is 36.5. The second kappa shape index (κ2) is 46.4. The summed E-state index contributed by atoms with van der Waals surface area (Å²) in [7, 11) is 0. The van der Waals surface area contributed by atoms with E-state index in [1.807, 2.05) is 0 Å². The van der Waals surface area contributed by atoms with Crippen LogP contribution < -0.4 is 0 Å². The van der Waals surface area contributed by atoms with E-state index < -0.39 is 0 Å². The van der Waals surface area contributed by atoms with Crippen molar-refractivity contribution in [2.75, 3.05) is 6.61 Å². The Morgan fingerprint density at radius 1 is 0.365 bits per heavy atom. The molecule has 0 heterocycles. The summed E-state index contributed by atoms with van der Waals surface area (Å²) < 4.78 is 5.90. The zero-order chi connectivity index (χ0) is 37.7. The third kappa shape index (κ3) is 43.6. The lowest BCUT2D eigenvalue weighted by atomic mass is 9.94. The van der Waals surface area contributed by atoms with Gasteiger partial charge >= 0.3 is 5.97 Å². The molecule has 0 rings (SSSR count). The van der Waals surface area contributed by atoms with Gasteiger partial charge in [-0.1, -0.05) is 251 Å². The third-order valence-electron chi connectivity index (χ3n) is 11.6. The Labute approximate surface area is 329 Å². The molecule has 0 N–H and O–H groups in total. The highest BCUT2D eigenvalue weighted by Gasteiger charge is 2.12. The quantitative estimate of drug-likeness (QED) is 0.0354. The molecule has 2 heteroatoms. The van der Waals surface area contributed by atoms with Crippen molar-refractivity contribution < 1.29 is 9.53 Å². The topological polar surface area (TPSA) is 26.3 Å². The Bertz CT molecular complexity index is 684. The molecule has 0 aliphatic rings. The first-order valence-electron chi connectivity index (χ1n) is 24.5. The summed E-state index contributed by atoms with van der Waals surface area (Å²) in [6, 6.07) is 0. The van der Waals surface area contributed by atoms with Crippen LogP contribution in [0.5, 0.6) is 0 Å². The summed E-state index contributed by atoms with van der Waals surface area (Å²) in [5, 5.41) is 0. The molecule has 1 unspecified atom stereocenters. The monoisotopic (exact) mass is 731 g/mol. The highest BCUT2D eigenvalue weighted by atomic mass is 16.5. The van der Waals surface area contributed by atoms with Crippen LogP contribution in [0.1, 0.15) is 290 Å². The lowest BCUT2D eigenvalue weighted by molar-refractivity contribution is -0.145. The van der Waals surface area contributed by atoms with Crippen molar-refractivity contribution in [2.24, 2.45) is 5.92 Å².